The number of hydrogen-bond donors (Lipinski definition) is 1. The zero-order valence-corrected chi connectivity index (χ0v) is 11.2. The Morgan fingerprint density at radius 2 is 2.00 bits per heavy atom. The van der Waals surface area contributed by atoms with Crippen molar-refractivity contribution in [1.82, 2.24) is 10.3 Å². The summed E-state index contributed by atoms with van der Waals surface area (Å²) in [5.74, 6) is -1.54. The summed E-state index contributed by atoms with van der Waals surface area (Å²) in [6, 6.07) is 8.35. The largest absolute Gasteiger partial charge is 0.344 e. The van der Waals surface area contributed by atoms with Crippen LogP contribution >= 0.6 is 0 Å². The molecule has 0 aliphatic carbocycles. The summed E-state index contributed by atoms with van der Waals surface area (Å²) < 4.78 is 26.4. The molecule has 1 N–H and O–H groups in total. The van der Waals surface area contributed by atoms with Gasteiger partial charge in [-0.25, -0.2) is 9.37 Å². The highest BCUT2D eigenvalue weighted by Crippen LogP contribution is 2.16. The lowest BCUT2D eigenvalue weighted by Gasteiger charge is -2.14. The highest BCUT2D eigenvalue weighted by atomic mass is 19.1. The Morgan fingerprint density at radius 1 is 1.25 bits per heavy atom. The molecule has 2 aromatic rings. The van der Waals surface area contributed by atoms with E-state index in [2.05, 4.69) is 10.3 Å². The van der Waals surface area contributed by atoms with Crippen molar-refractivity contribution in [3.8, 4) is 0 Å². The van der Waals surface area contributed by atoms with Crippen molar-refractivity contribution in [2.45, 2.75) is 19.9 Å². The maximum Gasteiger partial charge on any atom is 0.270 e. The molecule has 0 spiro atoms. The smallest absolute Gasteiger partial charge is 0.270 e. The number of hydrogen-bond acceptors (Lipinski definition) is 2. The third-order valence-corrected chi connectivity index (χ3v) is 2.99. The lowest BCUT2D eigenvalue weighted by Crippen LogP contribution is -2.27. The molecule has 2 rings (SSSR count). The van der Waals surface area contributed by atoms with E-state index in [9.17, 15) is 13.6 Å². The van der Waals surface area contributed by atoms with Crippen molar-refractivity contribution in [3.63, 3.8) is 0 Å². The number of rotatable bonds is 3. The molecule has 1 heterocycles. The highest BCUT2D eigenvalue weighted by molar-refractivity contribution is 5.92. The van der Waals surface area contributed by atoms with Gasteiger partial charge in [-0.2, -0.15) is 4.39 Å². The van der Waals surface area contributed by atoms with E-state index in [1.54, 1.807) is 26.0 Å². The average molecular weight is 276 g/mol. The fourth-order valence-electron chi connectivity index (χ4n) is 1.77. The van der Waals surface area contributed by atoms with Gasteiger partial charge in [0.05, 0.1) is 6.04 Å². The Bertz CT molecular complexity index is 644. The predicted molar refractivity (Wildman–Crippen MR) is 71.2 cm³/mol. The maximum absolute atomic E-state index is 13.5. The number of nitrogens with zero attached hydrogens (tertiary/aromatic N) is 1. The van der Waals surface area contributed by atoms with Crippen molar-refractivity contribution >= 4 is 5.91 Å². The van der Waals surface area contributed by atoms with Gasteiger partial charge in [0.2, 0.25) is 5.95 Å². The van der Waals surface area contributed by atoms with Crippen LogP contribution in [-0.2, 0) is 0 Å². The predicted octanol–water partition coefficient (Wildman–Crippen LogP) is 3.16. The van der Waals surface area contributed by atoms with Crippen molar-refractivity contribution in [1.29, 1.82) is 0 Å². The summed E-state index contributed by atoms with van der Waals surface area (Å²) in [7, 11) is 0. The standard InChI is InChI=1S/C15H14F2N2O/c1-9-6-7-11(8-12(9)16)10(2)18-15(20)13-4-3-5-14(17)19-13/h3-8,10H,1-2H3,(H,18,20). The lowest BCUT2D eigenvalue weighted by molar-refractivity contribution is 0.0933. The van der Waals surface area contributed by atoms with Crippen molar-refractivity contribution < 1.29 is 13.6 Å². The van der Waals surface area contributed by atoms with Gasteiger partial charge in [0.25, 0.3) is 5.91 Å². The second-order valence-corrected chi connectivity index (χ2v) is 4.55. The van der Waals surface area contributed by atoms with Crippen LogP contribution in [0.4, 0.5) is 8.78 Å². The maximum atomic E-state index is 13.5. The molecule has 0 bridgehead atoms. The first-order valence-corrected chi connectivity index (χ1v) is 6.17. The van der Waals surface area contributed by atoms with Crippen LogP contribution in [0.15, 0.2) is 36.4 Å². The van der Waals surface area contributed by atoms with Gasteiger partial charge in [0.1, 0.15) is 11.5 Å². The van der Waals surface area contributed by atoms with Crippen molar-refractivity contribution in [3.05, 3.63) is 65.0 Å². The van der Waals surface area contributed by atoms with Gasteiger partial charge in [-0.1, -0.05) is 18.2 Å². The van der Waals surface area contributed by atoms with Gasteiger partial charge < -0.3 is 5.32 Å². The number of amides is 1. The summed E-state index contributed by atoms with van der Waals surface area (Å²) in [5, 5.41) is 2.65. The zero-order valence-electron chi connectivity index (χ0n) is 11.2. The van der Waals surface area contributed by atoms with E-state index < -0.39 is 17.9 Å². The van der Waals surface area contributed by atoms with E-state index >= 15 is 0 Å². The summed E-state index contributed by atoms with van der Waals surface area (Å²) in [4.78, 5) is 15.4. The number of aryl methyl sites for hydroxylation is 1. The van der Waals surface area contributed by atoms with Crippen LogP contribution in [0, 0.1) is 18.7 Å². The number of halogens is 2. The first kappa shape index (κ1) is 14.1. The number of carbonyl (C=O) groups excluding carboxylic acids is 1. The molecule has 0 radical (unpaired) electrons. The third kappa shape index (κ3) is 3.17. The first-order chi connectivity index (χ1) is 9.47. The van der Waals surface area contributed by atoms with E-state index in [1.807, 2.05) is 0 Å². The monoisotopic (exact) mass is 276 g/mol. The Morgan fingerprint density at radius 3 is 2.65 bits per heavy atom. The van der Waals surface area contributed by atoms with Gasteiger partial charge in [-0.05, 0) is 43.2 Å². The number of benzene rings is 1. The van der Waals surface area contributed by atoms with Crippen molar-refractivity contribution in [2.75, 3.05) is 0 Å². The molecule has 1 atom stereocenters. The summed E-state index contributed by atoms with van der Waals surface area (Å²) in [6.07, 6.45) is 0. The molecule has 3 nitrogen and oxygen atoms in total. The Kier molecular flexibility index (Phi) is 4.08. The molecule has 0 aliphatic heterocycles. The molecular formula is C15H14F2N2O. The molecule has 1 amide bonds. The molecule has 1 aromatic heterocycles. The van der Waals surface area contributed by atoms with Gasteiger partial charge in [-0.15, -0.1) is 0 Å². The van der Waals surface area contributed by atoms with Gasteiger partial charge in [0.15, 0.2) is 0 Å². The van der Waals surface area contributed by atoms with Crippen LogP contribution in [0.1, 0.15) is 34.6 Å². The highest BCUT2D eigenvalue weighted by Gasteiger charge is 2.14. The normalized spacial score (nSPS) is 12.0. The van der Waals surface area contributed by atoms with E-state index in [-0.39, 0.29) is 11.5 Å². The topological polar surface area (TPSA) is 42.0 Å². The van der Waals surface area contributed by atoms with Crippen LogP contribution in [-0.4, -0.2) is 10.9 Å². The number of aromatic nitrogens is 1. The molecule has 0 fully saturated rings. The Labute approximate surface area is 115 Å². The molecule has 104 valence electrons. The summed E-state index contributed by atoms with van der Waals surface area (Å²) >= 11 is 0. The molecule has 0 saturated heterocycles. The summed E-state index contributed by atoms with van der Waals surface area (Å²) in [5.41, 5.74) is 1.17. The van der Waals surface area contributed by atoms with E-state index in [4.69, 9.17) is 0 Å². The van der Waals surface area contributed by atoms with E-state index in [1.165, 1.54) is 18.2 Å². The second-order valence-electron chi connectivity index (χ2n) is 4.55. The van der Waals surface area contributed by atoms with Crippen LogP contribution in [0.3, 0.4) is 0 Å². The molecular weight excluding hydrogens is 262 g/mol. The minimum Gasteiger partial charge on any atom is -0.344 e. The van der Waals surface area contributed by atoms with Gasteiger partial charge in [-0.3, -0.25) is 4.79 Å². The molecule has 1 aromatic carbocycles. The fraction of sp³-hybridized carbons (Fsp3) is 0.200. The lowest BCUT2D eigenvalue weighted by atomic mass is 10.1. The fourth-order valence-corrected chi connectivity index (χ4v) is 1.77. The molecule has 0 aliphatic rings. The van der Waals surface area contributed by atoms with Gasteiger partial charge >= 0.3 is 0 Å². The van der Waals surface area contributed by atoms with E-state index in [0.717, 1.165) is 6.07 Å². The zero-order chi connectivity index (χ0) is 14.7. The van der Waals surface area contributed by atoms with Crippen LogP contribution in [0.2, 0.25) is 0 Å². The van der Waals surface area contributed by atoms with Crippen LogP contribution in [0.5, 0.6) is 0 Å². The van der Waals surface area contributed by atoms with Crippen LogP contribution in [0.25, 0.3) is 0 Å². The SMILES string of the molecule is Cc1ccc(C(C)NC(=O)c2cccc(F)n2)cc1F. The van der Waals surface area contributed by atoms with Gasteiger partial charge in [0, 0.05) is 0 Å². The Hall–Kier alpha value is -2.30. The van der Waals surface area contributed by atoms with Crippen LogP contribution < -0.4 is 5.32 Å². The third-order valence-electron chi connectivity index (χ3n) is 2.99. The minimum atomic E-state index is -0.716. The van der Waals surface area contributed by atoms with Crippen molar-refractivity contribution in [2.24, 2.45) is 0 Å². The molecule has 20 heavy (non-hydrogen) atoms. The first-order valence-electron chi connectivity index (χ1n) is 6.17. The summed E-state index contributed by atoms with van der Waals surface area (Å²) in [6.45, 7) is 3.39. The number of carbonyl (C=O) groups is 1. The minimum absolute atomic E-state index is 0.00978. The number of pyridine rings is 1. The Balaban J connectivity index is 2.13. The van der Waals surface area contributed by atoms with E-state index in [0.29, 0.717) is 11.1 Å². The quantitative estimate of drug-likeness (QED) is 0.875. The molecule has 1 unspecified atom stereocenters. The molecule has 0 saturated carbocycles. The molecule has 5 heteroatoms. The average Bonchev–Trinajstić information content (AvgIpc) is 2.41. The number of nitrogens with one attached hydrogen (secondary N) is 1. The second kappa shape index (κ2) is 5.77.